The third-order valence-electron chi connectivity index (χ3n) is 4.00. The predicted molar refractivity (Wildman–Crippen MR) is 92.5 cm³/mol. The van der Waals surface area contributed by atoms with Crippen LogP contribution < -0.4 is 5.56 Å². The molecule has 6 heteroatoms. The highest BCUT2D eigenvalue weighted by Gasteiger charge is 2.10. The zero-order chi connectivity index (χ0) is 17.2. The maximum absolute atomic E-state index is 14.6. The molecule has 25 heavy (non-hydrogen) atoms. The Morgan fingerprint density at radius 1 is 0.960 bits per heavy atom. The Kier molecular flexibility index (Phi) is 3.78. The van der Waals surface area contributed by atoms with Gasteiger partial charge in [0.1, 0.15) is 5.82 Å². The summed E-state index contributed by atoms with van der Waals surface area (Å²) in [6, 6.07) is 12.1. The summed E-state index contributed by atoms with van der Waals surface area (Å²) in [6.07, 6.45) is 6.16. The van der Waals surface area contributed by atoms with Gasteiger partial charge in [0, 0.05) is 29.7 Å². The van der Waals surface area contributed by atoms with Crippen molar-refractivity contribution in [2.75, 3.05) is 0 Å². The van der Waals surface area contributed by atoms with Crippen LogP contribution in [-0.4, -0.2) is 19.5 Å². The van der Waals surface area contributed by atoms with Crippen LogP contribution in [0.1, 0.15) is 5.56 Å². The van der Waals surface area contributed by atoms with Gasteiger partial charge in [0.15, 0.2) is 5.65 Å². The van der Waals surface area contributed by atoms with Gasteiger partial charge in [-0.2, -0.15) is 0 Å². The van der Waals surface area contributed by atoms with Crippen LogP contribution in [0.25, 0.3) is 22.3 Å². The Morgan fingerprint density at radius 2 is 1.84 bits per heavy atom. The molecule has 1 aromatic carbocycles. The molecular weight excluding hydrogens is 319 g/mol. The fraction of sp³-hybridized carbons (Fsp3) is 0.0526. The van der Waals surface area contributed by atoms with E-state index in [4.69, 9.17) is 0 Å². The van der Waals surface area contributed by atoms with Crippen LogP contribution in [0.2, 0.25) is 0 Å². The Balaban J connectivity index is 1.75. The van der Waals surface area contributed by atoms with Crippen molar-refractivity contribution in [3.8, 4) is 11.1 Å². The number of rotatable bonds is 3. The van der Waals surface area contributed by atoms with Crippen molar-refractivity contribution >= 4 is 11.2 Å². The van der Waals surface area contributed by atoms with E-state index in [1.807, 2.05) is 12.1 Å². The van der Waals surface area contributed by atoms with Crippen molar-refractivity contribution in [2.24, 2.45) is 0 Å². The molecule has 0 aliphatic heterocycles. The average molecular weight is 332 g/mol. The molecule has 3 aromatic heterocycles. The minimum absolute atomic E-state index is 0.114. The van der Waals surface area contributed by atoms with Gasteiger partial charge in [0.25, 0.3) is 5.56 Å². The zero-order valence-corrected chi connectivity index (χ0v) is 13.1. The molecule has 0 atom stereocenters. The van der Waals surface area contributed by atoms with Crippen molar-refractivity contribution in [3.63, 3.8) is 0 Å². The highest BCUT2D eigenvalue weighted by molar-refractivity contribution is 5.69. The molecule has 0 aliphatic rings. The lowest BCUT2D eigenvalue weighted by Gasteiger charge is -2.11. The van der Waals surface area contributed by atoms with E-state index in [2.05, 4.69) is 15.0 Å². The van der Waals surface area contributed by atoms with Gasteiger partial charge in [-0.1, -0.05) is 18.2 Å². The number of hydrogen-bond donors (Lipinski definition) is 0. The van der Waals surface area contributed by atoms with Gasteiger partial charge in [-0.25, -0.2) is 14.4 Å². The summed E-state index contributed by atoms with van der Waals surface area (Å²) in [4.78, 5) is 24.4. The Labute approximate surface area is 142 Å². The maximum Gasteiger partial charge on any atom is 0.269 e. The monoisotopic (exact) mass is 332 g/mol. The SMILES string of the molecule is O=c1cnc2ncccc2n1Cc1ccc(-c2cccnc2)cc1F. The van der Waals surface area contributed by atoms with Gasteiger partial charge in [-0.15, -0.1) is 0 Å². The topological polar surface area (TPSA) is 60.7 Å². The highest BCUT2D eigenvalue weighted by atomic mass is 19.1. The van der Waals surface area contributed by atoms with Crippen LogP contribution in [0.5, 0.6) is 0 Å². The van der Waals surface area contributed by atoms with E-state index in [9.17, 15) is 9.18 Å². The van der Waals surface area contributed by atoms with Crippen LogP contribution in [0, 0.1) is 5.82 Å². The van der Waals surface area contributed by atoms with Gasteiger partial charge in [-0.05, 0) is 29.8 Å². The second kappa shape index (κ2) is 6.24. The number of aromatic nitrogens is 4. The van der Waals surface area contributed by atoms with Gasteiger partial charge >= 0.3 is 0 Å². The van der Waals surface area contributed by atoms with E-state index in [0.29, 0.717) is 16.7 Å². The van der Waals surface area contributed by atoms with Crippen LogP contribution in [0.15, 0.2) is 72.0 Å². The van der Waals surface area contributed by atoms with Crippen molar-refractivity contribution < 1.29 is 4.39 Å². The van der Waals surface area contributed by atoms with E-state index in [-0.39, 0.29) is 17.9 Å². The maximum atomic E-state index is 14.6. The van der Waals surface area contributed by atoms with E-state index >= 15 is 0 Å². The molecule has 0 fully saturated rings. The van der Waals surface area contributed by atoms with Crippen molar-refractivity contribution in [1.29, 1.82) is 0 Å². The van der Waals surface area contributed by atoms with Crippen molar-refractivity contribution in [2.45, 2.75) is 6.54 Å². The second-order valence-electron chi connectivity index (χ2n) is 5.58. The molecule has 122 valence electrons. The van der Waals surface area contributed by atoms with E-state index in [1.165, 1.54) is 16.8 Å². The van der Waals surface area contributed by atoms with Gasteiger partial charge < -0.3 is 0 Å². The summed E-state index contributed by atoms with van der Waals surface area (Å²) >= 11 is 0. The Hall–Kier alpha value is -3.41. The van der Waals surface area contributed by atoms with Crippen molar-refractivity contribution in [1.82, 2.24) is 19.5 Å². The molecule has 0 aliphatic carbocycles. The predicted octanol–water partition coefficient (Wildman–Crippen LogP) is 3.04. The molecule has 3 heterocycles. The first-order valence-electron chi connectivity index (χ1n) is 7.72. The van der Waals surface area contributed by atoms with Crippen LogP contribution in [0.4, 0.5) is 4.39 Å². The van der Waals surface area contributed by atoms with Gasteiger partial charge in [0.05, 0.1) is 18.3 Å². The average Bonchev–Trinajstić information content (AvgIpc) is 2.66. The number of halogens is 1. The number of nitrogens with zero attached hydrogens (tertiary/aromatic N) is 4. The fourth-order valence-electron chi connectivity index (χ4n) is 2.73. The highest BCUT2D eigenvalue weighted by Crippen LogP contribution is 2.21. The molecule has 4 aromatic rings. The van der Waals surface area contributed by atoms with E-state index in [0.717, 1.165) is 11.1 Å². The summed E-state index contributed by atoms with van der Waals surface area (Å²) in [5.41, 5.74) is 2.73. The summed E-state index contributed by atoms with van der Waals surface area (Å²) in [5.74, 6) is -0.373. The number of benzene rings is 1. The minimum atomic E-state index is -0.373. The van der Waals surface area contributed by atoms with E-state index < -0.39 is 0 Å². The molecule has 0 N–H and O–H groups in total. The van der Waals surface area contributed by atoms with Crippen LogP contribution >= 0.6 is 0 Å². The largest absolute Gasteiger partial charge is 0.299 e. The van der Waals surface area contributed by atoms with Gasteiger partial charge in [-0.3, -0.25) is 14.3 Å². The smallest absolute Gasteiger partial charge is 0.269 e. The summed E-state index contributed by atoms with van der Waals surface area (Å²) in [5, 5.41) is 0. The molecular formula is C19H13FN4O. The molecule has 0 amide bonds. The second-order valence-corrected chi connectivity index (χ2v) is 5.58. The molecule has 0 radical (unpaired) electrons. The lowest BCUT2D eigenvalue weighted by Crippen LogP contribution is -2.21. The summed E-state index contributed by atoms with van der Waals surface area (Å²) in [6.45, 7) is 0.114. The third-order valence-corrected chi connectivity index (χ3v) is 4.00. The molecule has 0 saturated heterocycles. The number of fused-ring (bicyclic) bond motifs is 1. The summed E-state index contributed by atoms with van der Waals surface area (Å²) < 4.78 is 16.1. The van der Waals surface area contributed by atoms with Crippen LogP contribution in [-0.2, 0) is 6.54 Å². The number of pyridine rings is 2. The van der Waals surface area contributed by atoms with Crippen LogP contribution in [0.3, 0.4) is 0 Å². The molecule has 5 nitrogen and oxygen atoms in total. The Morgan fingerprint density at radius 3 is 2.64 bits per heavy atom. The lowest BCUT2D eigenvalue weighted by molar-refractivity contribution is 0.599. The normalized spacial score (nSPS) is 10.9. The fourth-order valence-corrected chi connectivity index (χ4v) is 2.73. The first-order chi connectivity index (χ1) is 12.2. The summed E-state index contributed by atoms with van der Waals surface area (Å²) in [7, 11) is 0. The first kappa shape index (κ1) is 15.1. The molecule has 0 saturated carbocycles. The lowest BCUT2D eigenvalue weighted by atomic mass is 10.0. The molecule has 0 bridgehead atoms. The zero-order valence-electron chi connectivity index (χ0n) is 13.1. The first-order valence-corrected chi connectivity index (χ1v) is 7.72. The standard InChI is InChI=1S/C19H13FN4O/c20-16-9-13(14-3-1-7-21-10-14)5-6-15(16)12-24-17-4-2-8-22-19(17)23-11-18(24)25/h1-11H,12H2. The number of hydrogen-bond acceptors (Lipinski definition) is 4. The minimum Gasteiger partial charge on any atom is -0.299 e. The quantitative estimate of drug-likeness (QED) is 0.578. The van der Waals surface area contributed by atoms with Crippen molar-refractivity contribution in [3.05, 3.63) is 89.0 Å². The molecule has 0 unspecified atom stereocenters. The van der Waals surface area contributed by atoms with E-state index in [1.54, 1.807) is 42.9 Å². The molecule has 0 spiro atoms. The third kappa shape index (κ3) is 2.89. The molecule has 4 rings (SSSR count). The Bertz CT molecular complexity index is 1110. The van der Waals surface area contributed by atoms with Gasteiger partial charge in [0.2, 0.25) is 0 Å².